The number of hydrogen-bond acceptors (Lipinski definition) is 1. The lowest BCUT2D eigenvalue weighted by Gasteiger charge is -2.28. The topological polar surface area (TPSA) is 9.23 Å². The van der Waals surface area contributed by atoms with E-state index in [-0.39, 0.29) is 18.8 Å². The molecule has 1 unspecified atom stereocenters. The van der Waals surface area contributed by atoms with E-state index in [9.17, 15) is 0 Å². The van der Waals surface area contributed by atoms with Crippen LogP contribution in [-0.2, 0) is 10.8 Å². The number of hydrogen-bond donors (Lipinski definition) is 0. The highest BCUT2D eigenvalue weighted by atomic mass is 35.7. The van der Waals surface area contributed by atoms with Crippen molar-refractivity contribution >= 4 is 24.5 Å². The molecule has 0 aromatic heterocycles. The number of benzene rings is 1. The lowest BCUT2D eigenvalue weighted by atomic mass is 9.80. The van der Waals surface area contributed by atoms with Crippen molar-refractivity contribution in [2.75, 3.05) is 7.11 Å². The maximum Gasteiger partial charge on any atom is 0.131 e. The van der Waals surface area contributed by atoms with Gasteiger partial charge in [0.25, 0.3) is 0 Å². The smallest absolute Gasteiger partial charge is 0.131 e. The fourth-order valence-electron chi connectivity index (χ4n) is 1.91. The molecule has 0 fully saturated rings. The fraction of sp³-hybridized carbons (Fsp3) is 0.600. The molecule has 18 heavy (non-hydrogen) atoms. The van der Waals surface area contributed by atoms with Crippen molar-refractivity contribution in [3.63, 3.8) is 0 Å². The van der Waals surface area contributed by atoms with Crippen molar-refractivity contribution in [1.29, 1.82) is 0 Å². The van der Waals surface area contributed by atoms with E-state index in [0.717, 1.165) is 11.1 Å². The Kier molecular flexibility index (Phi) is 4.73. The Hall–Kier alpha value is -0.260. The number of ether oxygens (including phenoxy) is 1. The third-order valence-corrected chi connectivity index (χ3v) is 4.25. The van der Waals surface area contributed by atoms with Crippen molar-refractivity contribution in [1.82, 2.24) is 0 Å². The second kappa shape index (κ2) is 5.39. The lowest BCUT2D eigenvalue weighted by molar-refractivity contribution is 0.400. The van der Waals surface area contributed by atoms with Crippen LogP contribution in [0.3, 0.4) is 0 Å². The first-order chi connectivity index (χ1) is 8.11. The molecule has 0 radical (unpaired) electrons. The van der Waals surface area contributed by atoms with Gasteiger partial charge in [-0.3, -0.25) is 0 Å². The zero-order valence-corrected chi connectivity index (χ0v) is 14.2. The Balaban J connectivity index is 3.57. The zero-order valence-electron chi connectivity index (χ0n) is 12.4. The molecule has 0 spiro atoms. The van der Waals surface area contributed by atoms with Crippen LogP contribution in [0.2, 0.25) is 0 Å². The van der Waals surface area contributed by atoms with Crippen LogP contribution in [0.25, 0.3) is 0 Å². The maximum atomic E-state index is 6.10. The summed E-state index contributed by atoms with van der Waals surface area (Å²) < 4.78 is 5.58. The maximum absolute atomic E-state index is 6.10. The minimum atomic E-state index is 0.0535. The molecule has 1 nitrogen and oxygen atoms in total. The van der Waals surface area contributed by atoms with E-state index >= 15 is 0 Å². The monoisotopic (exact) mass is 286 g/mol. The molecule has 0 aliphatic carbocycles. The van der Waals surface area contributed by atoms with Crippen LogP contribution in [0, 0.1) is 0 Å². The highest BCUT2D eigenvalue weighted by Gasteiger charge is 2.25. The van der Waals surface area contributed by atoms with Gasteiger partial charge >= 0.3 is 0 Å². The molecule has 1 atom stereocenters. The Morgan fingerprint density at radius 3 is 1.89 bits per heavy atom. The summed E-state index contributed by atoms with van der Waals surface area (Å²) in [5, 5.41) is 1.11. The molecular weight excluding hydrogens is 263 g/mol. The molecule has 1 aromatic rings. The number of halogens is 1. The first kappa shape index (κ1) is 15.8. The van der Waals surface area contributed by atoms with Crippen molar-refractivity contribution in [3.05, 3.63) is 23.3 Å². The van der Waals surface area contributed by atoms with Crippen molar-refractivity contribution < 1.29 is 4.74 Å². The van der Waals surface area contributed by atoms with Gasteiger partial charge < -0.3 is 4.74 Å². The predicted molar refractivity (Wildman–Crippen MR) is 84.2 cm³/mol. The van der Waals surface area contributed by atoms with Crippen LogP contribution in [0.15, 0.2) is 12.1 Å². The summed E-state index contributed by atoms with van der Waals surface area (Å²) in [5.74, 6) is 0.948. The van der Waals surface area contributed by atoms with Gasteiger partial charge in [0, 0.05) is 18.8 Å². The van der Waals surface area contributed by atoms with Crippen molar-refractivity contribution in [2.45, 2.75) is 52.4 Å². The van der Waals surface area contributed by atoms with Crippen LogP contribution in [0.4, 0.5) is 0 Å². The molecule has 0 bridgehead atoms. The second-order valence-electron chi connectivity index (χ2n) is 6.70. The first-order valence-electron chi connectivity index (χ1n) is 6.21. The number of rotatable bonds is 2. The van der Waals surface area contributed by atoms with Crippen LogP contribution < -0.4 is 10.0 Å². The largest absolute Gasteiger partial charge is 0.496 e. The molecule has 1 rings (SSSR count). The summed E-state index contributed by atoms with van der Waals surface area (Å²) >= 11 is 6.10. The van der Waals surface area contributed by atoms with Gasteiger partial charge in [0.05, 0.1) is 7.11 Å². The Labute approximate surface area is 118 Å². The molecule has 0 amide bonds. The second-order valence-corrected chi connectivity index (χ2v) is 7.99. The molecule has 0 saturated heterocycles. The molecule has 102 valence electrons. The fourth-order valence-corrected chi connectivity index (χ4v) is 2.86. The average Bonchev–Trinajstić information content (AvgIpc) is 2.24. The Morgan fingerprint density at radius 2 is 1.56 bits per heavy atom. The highest BCUT2D eigenvalue weighted by Crippen LogP contribution is 2.37. The van der Waals surface area contributed by atoms with Crippen molar-refractivity contribution in [3.8, 4) is 5.75 Å². The standard InChI is InChI=1S/C15H24ClOP/c1-14(2,3)10-8-11(15(4,5)6)13(17-7)12(9-10)18-16/h8-9,18H,1-7H3. The van der Waals surface area contributed by atoms with Crippen LogP contribution in [-0.4, -0.2) is 7.11 Å². The quantitative estimate of drug-likeness (QED) is 0.713. The minimum absolute atomic E-state index is 0.0535. The van der Waals surface area contributed by atoms with Crippen LogP contribution in [0.1, 0.15) is 52.7 Å². The van der Waals surface area contributed by atoms with Gasteiger partial charge in [-0.1, -0.05) is 58.8 Å². The summed E-state index contributed by atoms with van der Waals surface area (Å²) in [6.07, 6.45) is 0. The summed E-state index contributed by atoms with van der Waals surface area (Å²) in [7, 11) is 1.96. The van der Waals surface area contributed by atoms with E-state index in [1.165, 1.54) is 11.1 Å². The molecule has 0 heterocycles. The number of methoxy groups -OCH3 is 1. The van der Waals surface area contributed by atoms with E-state index in [2.05, 4.69) is 53.7 Å². The third-order valence-electron chi connectivity index (χ3n) is 3.07. The first-order valence-corrected chi connectivity index (χ1v) is 8.22. The third kappa shape index (κ3) is 3.39. The predicted octanol–water partition coefficient (Wildman–Crippen LogP) is 4.75. The summed E-state index contributed by atoms with van der Waals surface area (Å²) in [6.45, 7) is 13.3. The van der Waals surface area contributed by atoms with Gasteiger partial charge in [-0.25, -0.2) is 0 Å². The Bertz CT molecular complexity index is 427. The van der Waals surface area contributed by atoms with Gasteiger partial charge in [0.15, 0.2) is 0 Å². The van der Waals surface area contributed by atoms with Gasteiger partial charge in [-0.2, -0.15) is 0 Å². The van der Waals surface area contributed by atoms with E-state index < -0.39 is 0 Å². The molecule has 0 saturated carbocycles. The highest BCUT2D eigenvalue weighted by molar-refractivity contribution is 7.75. The zero-order chi connectivity index (χ0) is 14.1. The summed E-state index contributed by atoms with van der Waals surface area (Å²) in [6, 6.07) is 4.44. The van der Waals surface area contributed by atoms with Gasteiger partial charge in [0.1, 0.15) is 5.75 Å². The molecule has 3 heteroatoms. The van der Waals surface area contributed by atoms with Gasteiger partial charge in [-0.05, 0) is 22.5 Å². The molecule has 1 aromatic carbocycles. The van der Waals surface area contributed by atoms with Gasteiger partial charge in [0.2, 0.25) is 0 Å². The normalized spacial score (nSPS) is 13.3. The van der Waals surface area contributed by atoms with Crippen LogP contribution in [0.5, 0.6) is 5.75 Å². The molecule has 0 aliphatic heterocycles. The Morgan fingerprint density at radius 1 is 1.00 bits per heavy atom. The van der Waals surface area contributed by atoms with E-state index in [0.29, 0.717) is 0 Å². The molecular formula is C15H24ClOP. The van der Waals surface area contributed by atoms with E-state index in [1.54, 1.807) is 7.11 Å². The van der Waals surface area contributed by atoms with Crippen molar-refractivity contribution in [2.24, 2.45) is 0 Å². The van der Waals surface area contributed by atoms with Crippen LogP contribution >= 0.6 is 19.2 Å². The molecule has 0 aliphatic rings. The SMILES string of the molecule is COc1c(PCl)cc(C(C)(C)C)cc1C(C)(C)C. The molecule has 0 N–H and O–H groups in total. The van der Waals surface area contributed by atoms with E-state index in [1.807, 2.05) is 0 Å². The minimum Gasteiger partial charge on any atom is -0.496 e. The van der Waals surface area contributed by atoms with E-state index in [4.69, 9.17) is 16.0 Å². The lowest BCUT2D eigenvalue weighted by Crippen LogP contribution is -2.21. The average molecular weight is 287 g/mol. The summed E-state index contributed by atoms with van der Waals surface area (Å²) in [5.41, 5.74) is 2.73. The van der Waals surface area contributed by atoms with Gasteiger partial charge in [-0.15, -0.1) is 0 Å². The summed E-state index contributed by atoms with van der Waals surface area (Å²) in [4.78, 5) is 0.